The number of nitrogens with zero attached hydrogens (tertiary/aromatic N) is 2. The van der Waals surface area contributed by atoms with E-state index in [4.69, 9.17) is 16.3 Å². The fourth-order valence-corrected chi connectivity index (χ4v) is 3.84. The van der Waals surface area contributed by atoms with Crippen LogP contribution in [0, 0.1) is 11.3 Å². The smallest absolute Gasteiger partial charge is 0.266 e. The van der Waals surface area contributed by atoms with E-state index in [-0.39, 0.29) is 11.1 Å². The molecule has 1 aliphatic heterocycles. The van der Waals surface area contributed by atoms with Crippen molar-refractivity contribution < 1.29 is 9.53 Å². The van der Waals surface area contributed by atoms with Gasteiger partial charge in [-0.05, 0) is 69.2 Å². The lowest BCUT2D eigenvalue weighted by molar-refractivity contribution is -0.112. The van der Waals surface area contributed by atoms with Gasteiger partial charge in [-0.3, -0.25) is 4.79 Å². The molecule has 1 N–H and O–H groups in total. The Kier molecular flexibility index (Phi) is 6.42. The molecule has 0 atom stereocenters. The molecule has 1 heterocycles. The Balaban J connectivity index is 1.93. The molecule has 0 aliphatic carbocycles. The van der Waals surface area contributed by atoms with Crippen LogP contribution in [-0.4, -0.2) is 25.1 Å². The predicted octanol–water partition coefficient (Wildman–Crippen LogP) is 5.92. The van der Waals surface area contributed by atoms with Gasteiger partial charge in [-0.25, -0.2) is 0 Å². The van der Waals surface area contributed by atoms with E-state index in [2.05, 4.69) is 37.1 Å². The first-order chi connectivity index (χ1) is 14.7. The summed E-state index contributed by atoms with van der Waals surface area (Å²) in [7, 11) is 2.03. The maximum Gasteiger partial charge on any atom is 0.266 e. The fraction of sp³-hybridized carbons (Fsp3) is 0.280. The Hall–Kier alpha value is -3.23. The number of hydrogen-bond acceptors (Lipinski definition) is 4. The summed E-state index contributed by atoms with van der Waals surface area (Å²) in [6.07, 6.45) is 3.72. The first-order valence-corrected chi connectivity index (χ1v) is 10.5. The van der Waals surface area contributed by atoms with Crippen LogP contribution in [-0.2, 0) is 4.79 Å². The number of carbonyl (C=O) groups excluding carboxylic acids is 1. The van der Waals surface area contributed by atoms with Gasteiger partial charge in [0.1, 0.15) is 17.4 Å². The molecule has 0 saturated carbocycles. The van der Waals surface area contributed by atoms with Gasteiger partial charge in [0.05, 0.1) is 12.1 Å². The number of anilines is 2. The normalized spacial score (nSPS) is 14.9. The number of carbonyl (C=O) groups is 1. The molecule has 3 rings (SSSR count). The number of nitriles is 1. The molecule has 0 bridgehead atoms. The predicted molar refractivity (Wildman–Crippen MR) is 127 cm³/mol. The van der Waals surface area contributed by atoms with Crippen molar-refractivity contribution >= 4 is 40.5 Å². The zero-order valence-corrected chi connectivity index (χ0v) is 19.2. The lowest BCUT2D eigenvalue weighted by Gasteiger charge is -2.40. The quantitative estimate of drug-likeness (QED) is 0.468. The van der Waals surface area contributed by atoms with Gasteiger partial charge >= 0.3 is 0 Å². The molecule has 0 fully saturated rings. The van der Waals surface area contributed by atoms with Gasteiger partial charge in [0.25, 0.3) is 5.91 Å². The number of ether oxygens (including phenoxy) is 1. The number of halogens is 1. The highest BCUT2D eigenvalue weighted by molar-refractivity contribution is 6.32. The third-order valence-electron chi connectivity index (χ3n) is 5.40. The molecule has 5 nitrogen and oxygen atoms in total. The lowest BCUT2D eigenvalue weighted by atomic mass is 9.88. The van der Waals surface area contributed by atoms with Crippen LogP contribution in [0.5, 0.6) is 5.75 Å². The molecule has 0 saturated heterocycles. The van der Waals surface area contributed by atoms with Crippen LogP contribution in [0.4, 0.5) is 11.4 Å². The number of nitrogens with one attached hydrogen (secondary N) is 1. The molecule has 0 spiro atoms. The monoisotopic (exact) mass is 435 g/mol. The maximum atomic E-state index is 12.7. The first-order valence-electron chi connectivity index (χ1n) is 10.1. The topological polar surface area (TPSA) is 65.4 Å². The van der Waals surface area contributed by atoms with Crippen LogP contribution in [0.3, 0.4) is 0 Å². The number of amides is 1. The number of hydrogen-bond donors (Lipinski definition) is 1. The largest absolute Gasteiger partial charge is 0.494 e. The van der Waals surface area contributed by atoms with E-state index in [1.807, 2.05) is 32.2 Å². The molecule has 0 radical (unpaired) electrons. The van der Waals surface area contributed by atoms with Gasteiger partial charge in [0.2, 0.25) is 0 Å². The van der Waals surface area contributed by atoms with Crippen LogP contribution < -0.4 is 15.0 Å². The number of likely N-dealkylation sites (N-methyl/N-ethyl adjacent to an activating group) is 1. The van der Waals surface area contributed by atoms with E-state index in [0.29, 0.717) is 28.6 Å². The van der Waals surface area contributed by atoms with Crippen LogP contribution in [0.15, 0.2) is 48.0 Å². The van der Waals surface area contributed by atoms with Crippen LogP contribution >= 0.6 is 11.6 Å². The molecule has 2 aromatic carbocycles. The van der Waals surface area contributed by atoms with E-state index in [1.165, 1.54) is 6.08 Å². The number of benzene rings is 2. The highest BCUT2D eigenvalue weighted by atomic mass is 35.5. The highest BCUT2D eigenvalue weighted by Crippen LogP contribution is 2.40. The van der Waals surface area contributed by atoms with Gasteiger partial charge in [0, 0.05) is 35.1 Å². The summed E-state index contributed by atoms with van der Waals surface area (Å²) in [6.45, 7) is 8.75. The molecule has 1 amide bonds. The molecular formula is C25H26ClN3O2. The van der Waals surface area contributed by atoms with E-state index in [9.17, 15) is 10.1 Å². The molecule has 0 aromatic heterocycles. The van der Waals surface area contributed by atoms with Gasteiger partial charge in [-0.2, -0.15) is 5.26 Å². The van der Waals surface area contributed by atoms with Crippen molar-refractivity contribution in [3.8, 4) is 11.8 Å². The molecule has 160 valence electrons. The Labute approximate surface area is 188 Å². The average molecular weight is 436 g/mol. The second kappa shape index (κ2) is 8.87. The van der Waals surface area contributed by atoms with Gasteiger partial charge in [0.15, 0.2) is 0 Å². The molecule has 1 aliphatic rings. The minimum absolute atomic E-state index is 0.0326. The lowest BCUT2D eigenvalue weighted by Crippen LogP contribution is -2.42. The Bertz CT molecular complexity index is 1130. The summed E-state index contributed by atoms with van der Waals surface area (Å²) in [6, 6.07) is 12.8. The zero-order chi connectivity index (χ0) is 22.8. The third-order valence-corrected chi connectivity index (χ3v) is 5.73. The van der Waals surface area contributed by atoms with Crippen molar-refractivity contribution in [2.24, 2.45) is 0 Å². The fourth-order valence-electron chi connectivity index (χ4n) is 3.63. The minimum atomic E-state index is -0.504. The number of allylic oxidation sites excluding steroid dienone is 1. The number of fused-ring (bicyclic) bond motifs is 1. The van der Waals surface area contributed by atoms with E-state index in [0.717, 1.165) is 16.8 Å². The van der Waals surface area contributed by atoms with Gasteiger partial charge in [-0.15, -0.1) is 0 Å². The molecule has 6 heteroatoms. The minimum Gasteiger partial charge on any atom is -0.494 e. The SMILES string of the molecule is CCOc1cccc(NC(=O)/C(C#N)=C/c2cc3c(cc2Cl)N(C)C(C)(C)C=C3C)c1. The van der Waals surface area contributed by atoms with Crippen molar-refractivity contribution in [3.05, 3.63) is 64.2 Å². The van der Waals surface area contributed by atoms with Crippen molar-refractivity contribution in [2.75, 3.05) is 23.9 Å². The zero-order valence-electron chi connectivity index (χ0n) is 18.4. The average Bonchev–Trinajstić information content (AvgIpc) is 2.71. The second-order valence-corrected chi connectivity index (χ2v) is 8.42. The Morgan fingerprint density at radius 2 is 2.06 bits per heavy atom. The highest BCUT2D eigenvalue weighted by Gasteiger charge is 2.29. The maximum absolute atomic E-state index is 12.7. The molecule has 2 aromatic rings. The van der Waals surface area contributed by atoms with Gasteiger partial charge < -0.3 is 15.0 Å². The standard InChI is InChI=1S/C25H26ClN3O2/c1-6-31-20-9-7-8-19(12-20)28-24(30)18(15-27)10-17-11-21-16(2)14-25(3,4)29(5)23(21)13-22(17)26/h7-14H,6H2,1-5H3,(H,28,30)/b18-10+. The molecule has 0 unspecified atom stereocenters. The van der Waals surface area contributed by atoms with E-state index in [1.54, 1.807) is 24.3 Å². The van der Waals surface area contributed by atoms with Crippen LogP contribution in [0.25, 0.3) is 11.6 Å². The summed E-state index contributed by atoms with van der Waals surface area (Å²) in [5.41, 5.74) is 4.18. The van der Waals surface area contributed by atoms with E-state index < -0.39 is 5.91 Å². The van der Waals surface area contributed by atoms with Crippen molar-refractivity contribution in [1.82, 2.24) is 0 Å². The third kappa shape index (κ3) is 4.76. The van der Waals surface area contributed by atoms with Crippen LogP contribution in [0.1, 0.15) is 38.8 Å². The molecular weight excluding hydrogens is 410 g/mol. The van der Waals surface area contributed by atoms with Crippen molar-refractivity contribution in [2.45, 2.75) is 33.2 Å². The van der Waals surface area contributed by atoms with Crippen molar-refractivity contribution in [1.29, 1.82) is 5.26 Å². The first kappa shape index (κ1) is 22.5. The summed E-state index contributed by atoms with van der Waals surface area (Å²) in [5, 5.41) is 12.8. The summed E-state index contributed by atoms with van der Waals surface area (Å²) >= 11 is 6.54. The van der Waals surface area contributed by atoms with Gasteiger partial charge in [-0.1, -0.05) is 23.7 Å². The Morgan fingerprint density at radius 1 is 1.32 bits per heavy atom. The summed E-state index contributed by atoms with van der Waals surface area (Å²) in [5.74, 6) is 0.144. The Morgan fingerprint density at radius 3 is 2.74 bits per heavy atom. The second-order valence-electron chi connectivity index (χ2n) is 8.02. The summed E-state index contributed by atoms with van der Waals surface area (Å²) in [4.78, 5) is 14.9. The molecule has 31 heavy (non-hydrogen) atoms. The van der Waals surface area contributed by atoms with Crippen LogP contribution in [0.2, 0.25) is 5.02 Å². The van der Waals surface area contributed by atoms with Crippen molar-refractivity contribution in [3.63, 3.8) is 0 Å². The summed E-state index contributed by atoms with van der Waals surface area (Å²) < 4.78 is 5.45. The van der Waals surface area contributed by atoms with E-state index >= 15 is 0 Å². The number of rotatable bonds is 5.